The molecule has 3 atom stereocenters. The highest BCUT2D eigenvalue weighted by Crippen LogP contribution is 2.33. The highest BCUT2D eigenvalue weighted by atomic mass is 16.5. The Morgan fingerprint density at radius 3 is 2.71 bits per heavy atom. The molecule has 1 saturated heterocycles. The SMILES string of the molecule is CCC(C)(CNCCOC)CC1CCC(C)O1. The molecule has 0 aromatic heterocycles. The van der Waals surface area contributed by atoms with Gasteiger partial charge in [0.25, 0.3) is 0 Å². The maximum absolute atomic E-state index is 5.93. The first kappa shape index (κ1) is 14.9. The molecule has 3 unspecified atom stereocenters. The zero-order valence-corrected chi connectivity index (χ0v) is 11.9. The first-order valence-electron chi connectivity index (χ1n) is 6.95. The second-order valence-corrected chi connectivity index (χ2v) is 5.68. The molecule has 17 heavy (non-hydrogen) atoms. The predicted molar refractivity (Wildman–Crippen MR) is 71.3 cm³/mol. The molecule has 102 valence electrons. The molecule has 0 radical (unpaired) electrons. The molecule has 1 aliphatic heterocycles. The van der Waals surface area contributed by atoms with Crippen LogP contribution in [0, 0.1) is 5.41 Å². The first-order valence-corrected chi connectivity index (χ1v) is 6.95. The van der Waals surface area contributed by atoms with Crippen LogP contribution in [0.2, 0.25) is 0 Å². The van der Waals surface area contributed by atoms with E-state index in [1.165, 1.54) is 25.7 Å². The third kappa shape index (κ3) is 5.36. The van der Waals surface area contributed by atoms with E-state index < -0.39 is 0 Å². The van der Waals surface area contributed by atoms with Gasteiger partial charge in [0.2, 0.25) is 0 Å². The Bertz CT molecular complexity index is 210. The van der Waals surface area contributed by atoms with E-state index in [9.17, 15) is 0 Å². The van der Waals surface area contributed by atoms with Gasteiger partial charge in [-0.05, 0) is 38.0 Å². The molecule has 1 fully saturated rings. The quantitative estimate of drug-likeness (QED) is 0.665. The Labute approximate surface area is 106 Å². The van der Waals surface area contributed by atoms with Crippen LogP contribution in [0.25, 0.3) is 0 Å². The van der Waals surface area contributed by atoms with Crippen molar-refractivity contribution < 1.29 is 9.47 Å². The van der Waals surface area contributed by atoms with Crippen molar-refractivity contribution in [3.63, 3.8) is 0 Å². The van der Waals surface area contributed by atoms with Crippen LogP contribution in [-0.4, -0.2) is 39.0 Å². The number of methoxy groups -OCH3 is 1. The van der Waals surface area contributed by atoms with E-state index in [4.69, 9.17) is 9.47 Å². The van der Waals surface area contributed by atoms with Crippen LogP contribution in [0.4, 0.5) is 0 Å². The number of rotatable bonds is 8. The second-order valence-electron chi connectivity index (χ2n) is 5.68. The van der Waals surface area contributed by atoms with Gasteiger partial charge in [0.05, 0.1) is 18.8 Å². The second kappa shape index (κ2) is 7.34. The topological polar surface area (TPSA) is 30.5 Å². The van der Waals surface area contributed by atoms with Crippen LogP contribution >= 0.6 is 0 Å². The van der Waals surface area contributed by atoms with Crippen LogP contribution in [0.1, 0.15) is 46.5 Å². The molecule has 1 heterocycles. The van der Waals surface area contributed by atoms with Crippen LogP contribution in [-0.2, 0) is 9.47 Å². The molecule has 0 aliphatic carbocycles. The molecule has 1 N–H and O–H groups in total. The van der Waals surface area contributed by atoms with Gasteiger partial charge >= 0.3 is 0 Å². The summed E-state index contributed by atoms with van der Waals surface area (Å²) in [4.78, 5) is 0. The fraction of sp³-hybridized carbons (Fsp3) is 1.00. The Morgan fingerprint density at radius 2 is 2.18 bits per heavy atom. The Hall–Kier alpha value is -0.120. The third-order valence-electron chi connectivity index (χ3n) is 3.93. The Morgan fingerprint density at radius 1 is 1.41 bits per heavy atom. The maximum Gasteiger partial charge on any atom is 0.0587 e. The number of hydrogen-bond acceptors (Lipinski definition) is 3. The highest BCUT2D eigenvalue weighted by molar-refractivity contribution is 4.82. The van der Waals surface area contributed by atoms with E-state index in [-0.39, 0.29) is 0 Å². The van der Waals surface area contributed by atoms with Gasteiger partial charge in [-0.2, -0.15) is 0 Å². The molecule has 0 saturated carbocycles. The summed E-state index contributed by atoms with van der Waals surface area (Å²) < 4.78 is 11.0. The van der Waals surface area contributed by atoms with Crippen LogP contribution in [0.5, 0.6) is 0 Å². The van der Waals surface area contributed by atoms with Gasteiger partial charge in [-0.25, -0.2) is 0 Å². The molecular weight excluding hydrogens is 214 g/mol. The molecule has 0 aromatic rings. The van der Waals surface area contributed by atoms with Gasteiger partial charge in [0, 0.05) is 20.2 Å². The van der Waals surface area contributed by atoms with Crippen molar-refractivity contribution in [2.24, 2.45) is 5.41 Å². The van der Waals surface area contributed by atoms with Crippen molar-refractivity contribution in [2.75, 3.05) is 26.8 Å². The molecule has 0 bridgehead atoms. The summed E-state index contributed by atoms with van der Waals surface area (Å²) in [6.45, 7) is 9.60. The van der Waals surface area contributed by atoms with Gasteiger partial charge in [-0.3, -0.25) is 0 Å². The molecule has 0 aromatic carbocycles. The van der Waals surface area contributed by atoms with Crippen LogP contribution in [0.3, 0.4) is 0 Å². The first-order chi connectivity index (χ1) is 8.09. The van der Waals surface area contributed by atoms with Crippen molar-refractivity contribution in [1.82, 2.24) is 5.32 Å². The van der Waals surface area contributed by atoms with E-state index in [1.54, 1.807) is 7.11 Å². The monoisotopic (exact) mass is 243 g/mol. The lowest BCUT2D eigenvalue weighted by Gasteiger charge is -2.31. The molecule has 3 heteroatoms. The highest BCUT2D eigenvalue weighted by Gasteiger charge is 2.30. The normalized spacial score (nSPS) is 28.2. The zero-order chi connectivity index (χ0) is 12.7. The lowest BCUT2D eigenvalue weighted by atomic mass is 9.81. The number of hydrogen-bond donors (Lipinski definition) is 1. The molecule has 1 aliphatic rings. The largest absolute Gasteiger partial charge is 0.383 e. The van der Waals surface area contributed by atoms with Crippen molar-refractivity contribution >= 4 is 0 Å². The predicted octanol–water partition coefficient (Wildman–Crippen LogP) is 2.60. The average Bonchev–Trinajstić information content (AvgIpc) is 2.70. The smallest absolute Gasteiger partial charge is 0.0587 e. The van der Waals surface area contributed by atoms with Gasteiger partial charge in [-0.15, -0.1) is 0 Å². The molecule has 1 rings (SSSR count). The molecule has 0 amide bonds. The van der Waals surface area contributed by atoms with E-state index >= 15 is 0 Å². The van der Waals surface area contributed by atoms with Crippen molar-refractivity contribution in [1.29, 1.82) is 0 Å². The number of ether oxygens (including phenoxy) is 2. The maximum atomic E-state index is 5.93. The fourth-order valence-electron chi connectivity index (χ4n) is 2.49. The molecule has 0 spiro atoms. The van der Waals surface area contributed by atoms with Gasteiger partial charge in [0.1, 0.15) is 0 Å². The molecule has 3 nitrogen and oxygen atoms in total. The van der Waals surface area contributed by atoms with E-state index in [0.717, 1.165) is 19.7 Å². The molecular formula is C14H29NO2. The van der Waals surface area contributed by atoms with Gasteiger partial charge in [-0.1, -0.05) is 13.8 Å². The van der Waals surface area contributed by atoms with Crippen LogP contribution in [0.15, 0.2) is 0 Å². The summed E-state index contributed by atoms with van der Waals surface area (Å²) in [6, 6.07) is 0. The zero-order valence-electron chi connectivity index (χ0n) is 11.9. The Kier molecular flexibility index (Phi) is 6.45. The van der Waals surface area contributed by atoms with E-state index in [0.29, 0.717) is 17.6 Å². The lowest BCUT2D eigenvalue weighted by Crippen LogP contribution is -2.36. The minimum absolute atomic E-state index is 0.350. The minimum Gasteiger partial charge on any atom is -0.383 e. The van der Waals surface area contributed by atoms with Crippen molar-refractivity contribution in [3.8, 4) is 0 Å². The van der Waals surface area contributed by atoms with Crippen molar-refractivity contribution in [2.45, 2.75) is 58.7 Å². The summed E-state index contributed by atoms with van der Waals surface area (Å²) in [6.07, 6.45) is 5.76. The minimum atomic E-state index is 0.350. The summed E-state index contributed by atoms with van der Waals surface area (Å²) >= 11 is 0. The van der Waals surface area contributed by atoms with Gasteiger partial charge < -0.3 is 14.8 Å². The standard InChI is InChI=1S/C14H29NO2/c1-5-14(3,11-15-8-9-16-4)10-13-7-6-12(2)17-13/h12-13,15H,5-11H2,1-4H3. The third-order valence-corrected chi connectivity index (χ3v) is 3.93. The average molecular weight is 243 g/mol. The van der Waals surface area contributed by atoms with Crippen molar-refractivity contribution in [3.05, 3.63) is 0 Å². The Balaban J connectivity index is 2.28. The van der Waals surface area contributed by atoms with E-state index in [2.05, 4.69) is 26.1 Å². The van der Waals surface area contributed by atoms with E-state index in [1.807, 2.05) is 0 Å². The lowest BCUT2D eigenvalue weighted by molar-refractivity contribution is 0.0238. The number of nitrogens with one attached hydrogen (secondary N) is 1. The van der Waals surface area contributed by atoms with Gasteiger partial charge in [0.15, 0.2) is 0 Å². The summed E-state index contributed by atoms with van der Waals surface area (Å²) in [5.74, 6) is 0. The fourth-order valence-corrected chi connectivity index (χ4v) is 2.49. The summed E-state index contributed by atoms with van der Waals surface area (Å²) in [7, 11) is 1.74. The summed E-state index contributed by atoms with van der Waals surface area (Å²) in [5.41, 5.74) is 0.350. The van der Waals surface area contributed by atoms with Crippen LogP contribution < -0.4 is 5.32 Å². The summed E-state index contributed by atoms with van der Waals surface area (Å²) in [5, 5.41) is 3.48.